The van der Waals surface area contributed by atoms with Crippen LogP contribution in [0.2, 0.25) is 0 Å². The summed E-state index contributed by atoms with van der Waals surface area (Å²) in [5.41, 5.74) is 2.54. The van der Waals surface area contributed by atoms with Crippen molar-refractivity contribution < 1.29 is 4.79 Å². The fraction of sp³-hybridized carbons (Fsp3) is 0.545. The minimum absolute atomic E-state index is 0.0426. The van der Waals surface area contributed by atoms with Crippen molar-refractivity contribution in [1.82, 2.24) is 25.5 Å². The Balaban J connectivity index is 1.19. The van der Waals surface area contributed by atoms with Crippen molar-refractivity contribution in [2.75, 3.05) is 0 Å². The van der Waals surface area contributed by atoms with Gasteiger partial charge >= 0.3 is 0 Å². The second-order valence-electron chi connectivity index (χ2n) is 9.41. The maximum Gasteiger partial charge on any atom is 0.233 e. The number of para-hydroxylation sites is 1. The Hall–Kier alpha value is -2.15. The van der Waals surface area contributed by atoms with E-state index in [0.29, 0.717) is 5.16 Å². The smallest absolute Gasteiger partial charge is 0.233 e. The molecule has 0 spiro atoms. The lowest BCUT2D eigenvalue weighted by Crippen LogP contribution is -2.60. The number of nitrogens with one attached hydrogen (secondary N) is 2. The summed E-state index contributed by atoms with van der Waals surface area (Å²) in [5, 5.41) is 13.4. The number of nitrogens with zero attached hydrogens (tertiary/aromatic N) is 3. The summed E-state index contributed by atoms with van der Waals surface area (Å²) in [6.07, 6.45) is 7.64. The van der Waals surface area contributed by atoms with E-state index in [1.807, 2.05) is 31.2 Å². The predicted molar refractivity (Wildman–Crippen MR) is 114 cm³/mol. The van der Waals surface area contributed by atoms with Gasteiger partial charge in [0.05, 0.1) is 5.25 Å². The molecule has 150 valence electrons. The average Bonchev–Trinajstić information content (AvgIpc) is 3.04. The summed E-state index contributed by atoms with van der Waals surface area (Å²) in [6, 6.07) is 7.99. The van der Waals surface area contributed by atoms with Crippen molar-refractivity contribution in [2.24, 2.45) is 17.8 Å². The van der Waals surface area contributed by atoms with Gasteiger partial charge in [0.1, 0.15) is 5.52 Å². The molecule has 29 heavy (non-hydrogen) atoms. The van der Waals surface area contributed by atoms with Crippen LogP contribution in [0.1, 0.15) is 45.4 Å². The zero-order valence-electron chi connectivity index (χ0n) is 16.5. The summed E-state index contributed by atoms with van der Waals surface area (Å²) in [6.45, 7) is 1.94. The van der Waals surface area contributed by atoms with Crippen LogP contribution in [0.4, 0.5) is 0 Å². The molecule has 1 atom stereocenters. The van der Waals surface area contributed by atoms with Gasteiger partial charge in [-0.15, -0.1) is 10.2 Å². The molecule has 4 saturated carbocycles. The maximum atomic E-state index is 13.0. The Kier molecular flexibility index (Phi) is 3.92. The number of carbonyl (C=O) groups excluding carboxylic acids is 1. The third-order valence-electron chi connectivity index (χ3n) is 7.18. The topological polar surface area (TPSA) is 83.6 Å². The molecule has 6 nitrogen and oxygen atoms in total. The van der Waals surface area contributed by atoms with Gasteiger partial charge in [0.2, 0.25) is 11.1 Å². The number of aromatic nitrogens is 4. The van der Waals surface area contributed by atoms with E-state index in [9.17, 15) is 4.79 Å². The highest BCUT2D eigenvalue weighted by molar-refractivity contribution is 8.00. The zero-order valence-corrected chi connectivity index (χ0v) is 17.3. The van der Waals surface area contributed by atoms with Gasteiger partial charge in [0, 0.05) is 16.4 Å². The Labute approximate surface area is 173 Å². The number of rotatable bonds is 4. The van der Waals surface area contributed by atoms with Crippen LogP contribution in [-0.2, 0) is 4.79 Å². The summed E-state index contributed by atoms with van der Waals surface area (Å²) >= 11 is 1.39. The number of carbonyl (C=O) groups is 1. The first-order valence-corrected chi connectivity index (χ1v) is 11.5. The molecule has 2 heterocycles. The fourth-order valence-corrected chi connectivity index (χ4v) is 7.11. The van der Waals surface area contributed by atoms with Gasteiger partial charge in [-0.1, -0.05) is 30.0 Å². The average molecular weight is 408 g/mol. The van der Waals surface area contributed by atoms with Crippen LogP contribution < -0.4 is 5.32 Å². The number of hydrogen-bond acceptors (Lipinski definition) is 5. The molecule has 1 amide bonds. The molecule has 7 rings (SSSR count). The summed E-state index contributed by atoms with van der Waals surface area (Å²) < 4.78 is 0. The monoisotopic (exact) mass is 407 g/mol. The lowest BCUT2D eigenvalue weighted by Gasteiger charge is -2.57. The van der Waals surface area contributed by atoms with Crippen molar-refractivity contribution in [3.63, 3.8) is 0 Å². The van der Waals surface area contributed by atoms with E-state index in [1.165, 1.54) is 50.3 Å². The van der Waals surface area contributed by atoms with E-state index in [-0.39, 0.29) is 16.7 Å². The van der Waals surface area contributed by atoms with Crippen molar-refractivity contribution in [1.29, 1.82) is 0 Å². The van der Waals surface area contributed by atoms with Crippen LogP contribution in [0.5, 0.6) is 0 Å². The molecular formula is C22H25N5OS. The molecular weight excluding hydrogens is 382 g/mol. The highest BCUT2D eigenvalue weighted by Crippen LogP contribution is 2.55. The first kappa shape index (κ1) is 17.7. The molecule has 4 bridgehead atoms. The molecule has 7 heteroatoms. The molecule has 3 aromatic rings. The second-order valence-corrected chi connectivity index (χ2v) is 10.7. The van der Waals surface area contributed by atoms with Gasteiger partial charge in [0.15, 0.2) is 5.65 Å². The summed E-state index contributed by atoms with van der Waals surface area (Å²) in [4.78, 5) is 20.9. The first-order chi connectivity index (χ1) is 14.1. The number of H-pyrrole nitrogens is 1. The normalized spacial score (nSPS) is 31.4. The second kappa shape index (κ2) is 6.42. The predicted octanol–water partition coefficient (Wildman–Crippen LogP) is 4.07. The largest absolute Gasteiger partial charge is 0.350 e. The molecule has 0 unspecified atom stereocenters. The molecule has 4 aliphatic rings. The number of thioether (sulfide) groups is 1. The van der Waals surface area contributed by atoms with Gasteiger partial charge in [-0.3, -0.25) is 4.79 Å². The van der Waals surface area contributed by atoms with Crippen LogP contribution in [0.25, 0.3) is 22.1 Å². The van der Waals surface area contributed by atoms with E-state index in [0.717, 1.165) is 39.8 Å². The molecule has 0 radical (unpaired) electrons. The van der Waals surface area contributed by atoms with E-state index in [4.69, 9.17) is 0 Å². The van der Waals surface area contributed by atoms with Crippen LogP contribution in [-0.4, -0.2) is 36.9 Å². The SMILES string of the molecule is C[C@H](Sc1nnc2c(n1)[nH]c1ccccc12)C(=O)NC12CC3CC(CC(C3)C1)C2. The molecule has 1 aromatic carbocycles. The Bertz CT molecular complexity index is 1070. The van der Waals surface area contributed by atoms with Crippen molar-refractivity contribution in [3.05, 3.63) is 24.3 Å². The van der Waals surface area contributed by atoms with E-state index in [1.54, 1.807) is 0 Å². The highest BCUT2D eigenvalue weighted by Gasteiger charge is 2.51. The maximum absolute atomic E-state index is 13.0. The molecule has 2 N–H and O–H groups in total. The lowest BCUT2D eigenvalue weighted by molar-refractivity contribution is -0.126. The number of benzene rings is 1. The summed E-state index contributed by atoms with van der Waals surface area (Å²) in [5.74, 6) is 2.57. The number of aromatic amines is 1. The van der Waals surface area contributed by atoms with Crippen molar-refractivity contribution in [3.8, 4) is 0 Å². The molecule has 2 aromatic heterocycles. The van der Waals surface area contributed by atoms with E-state index < -0.39 is 0 Å². The molecule has 0 saturated heterocycles. The van der Waals surface area contributed by atoms with Crippen LogP contribution in [0.15, 0.2) is 29.4 Å². The Morgan fingerprint density at radius 2 is 1.83 bits per heavy atom. The number of amides is 1. The van der Waals surface area contributed by atoms with Gasteiger partial charge in [-0.2, -0.15) is 0 Å². The Morgan fingerprint density at radius 1 is 1.14 bits per heavy atom. The van der Waals surface area contributed by atoms with Crippen molar-refractivity contribution >= 4 is 39.7 Å². The molecule has 4 aliphatic carbocycles. The fourth-order valence-electron chi connectivity index (χ4n) is 6.39. The van der Waals surface area contributed by atoms with Gasteiger partial charge < -0.3 is 10.3 Å². The van der Waals surface area contributed by atoms with Crippen LogP contribution in [0.3, 0.4) is 0 Å². The van der Waals surface area contributed by atoms with Crippen LogP contribution in [0, 0.1) is 17.8 Å². The van der Waals surface area contributed by atoms with E-state index >= 15 is 0 Å². The lowest BCUT2D eigenvalue weighted by atomic mass is 9.53. The standard InChI is InChI=1S/C22H25N5OS/c1-12(20(28)25-22-9-13-6-14(10-22)8-15(7-13)11-22)29-21-24-19-18(26-27-21)16-4-2-3-5-17(16)23-19/h2-5,12-15H,6-11H2,1H3,(H,25,28)(H,23,24,27)/t12-,13?,14?,15?,22?/m0/s1. The van der Waals surface area contributed by atoms with Gasteiger partial charge in [0.25, 0.3) is 0 Å². The third kappa shape index (κ3) is 3.01. The number of hydrogen-bond donors (Lipinski definition) is 2. The third-order valence-corrected chi connectivity index (χ3v) is 8.13. The first-order valence-electron chi connectivity index (χ1n) is 10.7. The molecule has 0 aliphatic heterocycles. The minimum Gasteiger partial charge on any atom is -0.350 e. The number of fused-ring (bicyclic) bond motifs is 3. The minimum atomic E-state index is -0.244. The quantitative estimate of drug-likeness (QED) is 0.637. The van der Waals surface area contributed by atoms with Gasteiger partial charge in [-0.05, 0) is 69.3 Å². The molecule has 4 fully saturated rings. The Morgan fingerprint density at radius 3 is 2.55 bits per heavy atom. The van der Waals surface area contributed by atoms with Gasteiger partial charge in [-0.25, -0.2) is 4.98 Å². The van der Waals surface area contributed by atoms with E-state index in [2.05, 4.69) is 25.5 Å². The van der Waals surface area contributed by atoms with Crippen LogP contribution >= 0.6 is 11.8 Å². The van der Waals surface area contributed by atoms with Crippen molar-refractivity contribution in [2.45, 2.75) is 61.4 Å². The highest BCUT2D eigenvalue weighted by atomic mass is 32.2. The summed E-state index contributed by atoms with van der Waals surface area (Å²) in [7, 11) is 0. The zero-order chi connectivity index (χ0) is 19.6.